The van der Waals surface area contributed by atoms with Crippen LogP contribution >= 0.6 is 24.4 Å². The summed E-state index contributed by atoms with van der Waals surface area (Å²) in [5.74, 6) is 0.664. The van der Waals surface area contributed by atoms with E-state index in [0.29, 0.717) is 28.7 Å². The van der Waals surface area contributed by atoms with Crippen LogP contribution in [0.15, 0.2) is 30.3 Å². The van der Waals surface area contributed by atoms with Crippen LogP contribution in [-0.2, 0) is 6.54 Å². The minimum Gasteiger partial charge on any atom is -0.358 e. The number of nitrogens with one attached hydrogen (secondary N) is 3. The fraction of sp³-hybridized carbons (Fsp3) is 0.529. The second kappa shape index (κ2) is 9.03. The van der Waals surface area contributed by atoms with Gasteiger partial charge >= 0.3 is 0 Å². The summed E-state index contributed by atoms with van der Waals surface area (Å²) in [5, 5.41) is 9.65. The Labute approximate surface area is 150 Å². The SMILES string of the molecule is C[C@H]1CCCC[C@H]1NC(=S)NN(C)C(=S)NCc1ccccc1. The van der Waals surface area contributed by atoms with Gasteiger partial charge in [-0.2, -0.15) is 0 Å². The lowest BCUT2D eigenvalue weighted by atomic mass is 9.86. The molecule has 0 saturated heterocycles. The van der Waals surface area contributed by atoms with Crippen LogP contribution in [0, 0.1) is 5.92 Å². The molecule has 0 radical (unpaired) electrons. The van der Waals surface area contributed by atoms with Gasteiger partial charge in [0, 0.05) is 19.6 Å². The van der Waals surface area contributed by atoms with Crippen LogP contribution in [0.2, 0.25) is 0 Å². The van der Waals surface area contributed by atoms with Gasteiger partial charge in [-0.1, -0.05) is 50.1 Å². The van der Waals surface area contributed by atoms with Gasteiger partial charge in [-0.3, -0.25) is 10.4 Å². The molecular formula is C17H26N4S2. The second-order valence-electron chi connectivity index (χ2n) is 6.16. The zero-order chi connectivity index (χ0) is 16.7. The lowest BCUT2D eigenvalue weighted by Crippen LogP contribution is -2.54. The number of thiocarbonyl (C=S) groups is 2. The molecule has 2 rings (SSSR count). The molecule has 6 heteroatoms. The Morgan fingerprint density at radius 1 is 1.17 bits per heavy atom. The van der Waals surface area contributed by atoms with E-state index < -0.39 is 0 Å². The number of hydrogen-bond donors (Lipinski definition) is 3. The van der Waals surface area contributed by atoms with E-state index in [-0.39, 0.29) is 0 Å². The highest BCUT2D eigenvalue weighted by Crippen LogP contribution is 2.23. The minimum atomic E-state index is 0.461. The fourth-order valence-electron chi connectivity index (χ4n) is 2.83. The molecule has 0 unspecified atom stereocenters. The molecule has 1 saturated carbocycles. The molecule has 0 bridgehead atoms. The summed E-state index contributed by atoms with van der Waals surface area (Å²) in [5.41, 5.74) is 4.33. The maximum Gasteiger partial charge on any atom is 0.187 e. The van der Waals surface area contributed by atoms with Crippen molar-refractivity contribution >= 4 is 34.7 Å². The highest BCUT2D eigenvalue weighted by molar-refractivity contribution is 7.80. The fourth-order valence-corrected chi connectivity index (χ4v) is 3.23. The third kappa shape index (κ3) is 5.95. The minimum absolute atomic E-state index is 0.461. The van der Waals surface area contributed by atoms with Crippen LogP contribution in [-0.4, -0.2) is 28.3 Å². The van der Waals surface area contributed by atoms with Crippen LogP contribution in [0.1, 0.15) is 38.2 Å². The smallest absolute Gasteiger partial charge is 0.187 e. The van der Waals surface area contributed by atoms with Gasteiger partial charge in [0.05, 0.1) is 0 Å². The molecule has 1 aliphatic carbocycles. The molecule has 1 aromatic carbocycles. The molecule has 0 spiro atoms. The van der Waals surface area contributed by atoms with Crippen LogP contribution < -0.4 is 16.1 Å². The molecule has 4 nitrogen and oxygen atoms in total. The molecule has 1 fully saturated rings. The van der Waals surface area contributed by atoms with E-state index >= 15 is 0 Å². The predicted molar refractivity (Wildman–Crippen MR) is 104 cm³/mol. The largest absolute Gasteiger partial charge is 0.358 e. The van der Waals surface area contributed by atoms with E-state index in [9.17, 15) is 0 Å². The summed E-state index contributed by atoms with van der Waals surface area (Å²) in [7, 11) is 1.87. The molecule has 0 aliphatic heterocycles. The third-order valence-corrected chi connectivity index (χ3v) is 4.92. The average molecular weight is 351 g/mol. The molecule has 0 heterocycles. The topological polar surface area (TPSA) is 39.3 Å². The first-order chi connectivity index (χ1) is 11.1. The van der Waals surface area contributed by atoms with Crippen LogP contribution in [0.5, 0.6) is 0 Å². The molecular weight excluding hydrogens is 324 g/mol. The first kappa shape index (κ1) is 17.9. The van der Waals surface area contributed by atoms with Crippen LogP contribution in [0.3, 0.4) is 0 Å². The summed E-state index contributed by atoms with van der Waals surface area (Å²) in [6.45, 7) is 2.99. The summed E-state index contributed by atoms with van der Waals surface area (Å²) in [6, 6.07) is 10.6. The van der Waals surface area contributed by atoms with Crippen LogP contribution in [0.4, 0.5) is 0 Å². The molecule has 1 aromatic rings. The van der Waals surface area contributed by atoms with E-state index in [2.05, 4.69) is 35.1 Å². The van der Waals surface area contributed by atoms with Crippen molar-refractivity contribution in [2.24, 2.45) is 5.92 Å². The lowest BCUT2D eigenvalue weighted by Gasteiger charge is -2.32. The number of hydrazine groups is 1. The molecule has 126 valence electrons. The standard InChI is InChI=1S/C17H26N4S2/c1-13-8-6-7-11-15(13)19-16(22)20-21(2)17(23)18-12-14-9-4-3-5-10-14/h3-5,9-10,13,15H,6-8,11-12H2,1-2H3,(H,18,23)(H2,19,20,22)/t13-,15+/m0/s1. The van der Waals surface area contributed by atoms with Crippen molar-refractivity contribution in [1.29, 1.82) is 0 Å². The Balaban J connectivity index is 1.73. The Bertz CT molecular complexity index is 521. The van der Waals surface area contributed by atoms with Crippen molar-refractivity contribution in [3.8, 4) is 0 Å². The van der Waals surface area contributed by atoms with Crippen molar-refractivity contribution in [2.75, 3.05) is 7.05 Å². The van der Waals surface area contributed by atoms with Gasteiger partial charge in [0.2, 0.25) is 0 Å². The predicted octanol–water partition coefficient (Wildman–Crippen LogP) is 2.95. The van der Waals surface area contributed by atoms with Crippen LogP contribution in [0.25, 0.3) is 0 Å². The maximum atomic E-state index is 5.41. The highest BCUT2D eigenvalue weighted by atomic mass is 32.1. The zero-order valence-corrected chi connectivity index (χ0v) is 15.5. The maximum absolute atomic E-state index is 5.41. The van der Waals surface area contributed by atoms with E-state index in [1.54, 1.807) is 5.01 Å². The monoisotopic (exact) mass is 350 g/mol. The summed E-state index contributed by atoms with van der Waals surface area (Å²) < 4.78 is 0. The van der Waals surface area contributed by atoms with Crippen molar-refractivity contribution in [2.45, 2.75) is 45.2 Å². The average Bonchev–Trinajstić information content (AvgIpc) is 2.55. The molecule has 3 N–H and O–H groups in total. The Morgan fingerprint density at radius 2 is 1.87 bits per heavy atom. The molecule has 0 amide bonds. The van der Waals surface area contributed by atoms with Gasteiger partial charge in [-0.05, 0) is 48.8 Å². The van der Waals surface area contributed by atoms with E-state index in [4.69, 9.17) is 24.4 Å². The lowest BCUT2D eigenvalue weighted by molar-refractivity contribution is 0.304. The quantitative estimate of drug-likeness (QED) is 0.575. The third-order valence-electron chi connectivity index (χ3n) is 4.29. The van der Waals surface area contributed by atoms with Gasteiger partial charge in [-0.25, -0.2) is 0 Å². The zero-order valence-electron chi connectivity index (χ0n) is 13.8. The van der Waals surface area contributed by atoms with Gasteiger partial charge < -0.3 is 10.6 Å². The van der Waals surface area contributed by atoms with Crippen molar-refractivity contribution in [1.82, 2.24) is 21.1 Å². The molecule has 2 atom stereocenters. The Kier molecular flexibility index (Phi) is 7.05. The summed E-state index contributed by atoms with van der Waals surface area (Å²) in [4.78, 5) is 0. The highest BCUT2D eigenvalue weighted by Gasteiger charge is 2.22. The number of benzene rings is 1. The normalized spacial score (nSPS) is 20.4. The second-order valence-corrected chi connectivity index (χ2v) is 6.95. The molecule has 1 aliphatic rings. The molecule has 0 aromatic heterocycles. The molecule has 23 heavy (non-hydrogen) atoms. The van der Waals surface area contributed by atoms with Crippen molar-refractivity contribution < 1.29 is 0 Å². The van der Waals surface area contributed by atoms with Crippen molar-refractivity contribution in [3.05, 3.63) is 35.9 Å². The van der Waals surface area contributed by atoms with E-state index in [0.717, 1.165) is 0 Å². The Hall–Kier alpha value is -1.40. The number of rotatable bonds is 3. The van der Waals surface area contributed by atoms with E-state index in [1.807, 2.05) is 25.2 Å². The van der Waals surface area contributed by atoms with Gasteiger partial charge in [-0.15, -0.1) is 0 Å². The summed E-state index contributed by atoms with van der Waals surface area (Å²) in [6.07, 6.45) is 5.06. The van der Waals surface area contributed by atoms with Gasteiger partial charge in [0.25, 0.3) is 0 Å². The first-order valence-electron chi connectivity index (χ1n) is 8.19. The Morgan fingerprint density at radius 3 is 2.57 bits per heavy atom. The number of nitrogens with zero attached hydrogens (tertiary/aromatic N) is 1. The van der Waals surface area contributed by atoms with Gasteiger partial charge in [0.1, 0.15) is 0 Å². The summed E-state index contributed by atoms with van der Waals surface area (Å²) >= 11 is 10.8. The van der Waals surface area contributed by atoms with Crippen molar-refractivity contribution in [3.63, 3.8) is 0 Å². The first-order valence-corrected chi connectivity index (χ1v) is 9.00. The number of hydrogen-bond acceptors (Lipinski definition) is 2. The van der Waals surface area contributed by atoms with E-state index in [1.165, 1.54) is 31.2 Å². The van der Waals surface area contributed by atoms with Gasteiger partial charge in [0.15, 0.2) is 10.2 Å².